The number of hydrogen-bond acceptors (Lipinski definition) is 1. The van der Waals surface area contributed by atoms with Gasteiger partial charge in [0.2, 0.25) is 0 Å². The molecular weight excluding hydrogens is 218 g/mol. The minimum Gasteiger partial charge on any atom is -0.307 e. The maximum Gasteiger partial charge on any atom is 0.0294 e. The van der Waals surface area contributed by atoms with Crippen molar-refractivity contribution < 1.29 is 0 Å². The van der Waals surface area contributed by atoms with E-state index in [1.54, 1.807) is 0 Å². The smallest absolute Gasteiger partial charge is 0.0294 e. The number of nitrogens with one attached hydrogen (secondary N) is 1. The van der Waals surface area contributed by atoms with Crippen molar-refractivity contribution in [2.75, 3.05) is 0 Å². The fraction of sp³-hybridized carbons (Fsp3) is 0.647. The molecule has 0 aromatic heterocycles. The Kier molecular flexibility index (Phi) is 4.45. The van der Waals surface area contributed by atoms with E-state index in [-0.39, 0.29) is 0 Å². The van der Waals surface area contributed by atoms with Crippen LogP contribution in [-0.2, 0) is 0 Å². The van der Waals surface area contributed by atoms with E-state index in [4.69, 9.17) is 0 Å². The maximum atomic E-state index is 3.84. The van der Waals surface area contributed by atoms with Gasteiger partial charge in [0.05, 0.1) is 0 Å². The highest BCUT2D eigenvalue weighted by molar-refractivity contribution is 5.24. The van der Waals surface area contributed by atoms with Crippen LogP contribution in [0.1, 0.15) is 57.2 Å². The van der Waals surface area contributed by atoms with Crippen molar-refractivity contribution >= 4 is 0 Å². The summed E-state index contributed by atoms with van der Waals surface area (Å²) in [5.41, 5.74) is 2.77. The zero-order valence-corrected chi connectivity index (χ0v) is 12.2. The molecule has 1 heteroatoms. The van der Waals surface area contributed by atoms with Crippen LogP contribution in [0.2, 0.25) is 0 Å². The lowest BCUT2D eigenvalue weighted by Crippen LogP contribution is -2.40. The Morgan fingerprint density at radius 2 is 2.00 bits per heavy atom. The van der Waals surface area contributed by atoms with E-state index in [0.29, 0.717) is 12.1 Å². The molecule has 1 aromatic carbocycles. The van der Waals surface area contributed by atoms with Crippen molar-refractivity contribution in [1.29, 1.82) is 0 Å². The summed E-state index contributed by atoms with van der Waals surface area (Å²) in [4.78, 5) is 0. The lowest BCUT2D eigenvalue weighted by molar-refractivity contribution is 0.216. The Balaban J connectivity index is 2.00. The van der Waals surface area contributed by atoms with E-state index in [1.807, 2.05) is 0 Å². The Morgan fingerprint density at radius 1 is 1.22 bits per heavy atom. The molecule has 0 radical (unpaired) electrons. The molecule has 1 aliphatic rings. The molecule has 0 spiro atoms. The van der Waals surface area contributed by atoms with Gasteiger partial charge < -0.3 is 5.32 Å². The molecule has 4 atom stereocenters. The van der Waals surface area contributed by atoms with Gasteiger partial charge in [0, 0.05) is 12.1 Å². The molecule has 1 saturated carbocycles. The van der Waals surface area contributed by atoms with Crippen LogP contribution in [-0.4, -0.2) is 6.04 Å². The third-order valence-corrected chi connectivity index (χ3v) is 4.46. The zero-order chi connectivity index (χ0) is 13.1. The van der Waals surface area contributed by atoms with Crippen LogP contribution in [0.4, 0.5) is 0 Å². The highest BCUT2D eigenvalue weighted by atomic mass is 15.0. The number of benzene rings is 1. The summed E-state index contributed by atoms with van der Waals surface area (Å²) in [5.74, 6) is 1.69. The highest BCUT2D eigenvalue weighted by Gasteiger charge is 2.26. The van der Waals surface area contributed by atoms with Crippen molar-refractivity contribution in [3.63, 3.8) is 0 Å². The van der Waals surface area contributed by atoms with Crippen LogP contribution >= 0.6 is 0 Å². The first-order chi connectivity index (χ1) is 8.56. The quantitative estimate of drug-likeness (QED) is 0.828. The van der Waals surface area contributed by atoms with E-state index in [1.165, 1.54) is 30.4 Å². The monoisotopic (exact) mass is 245 g/mol. The van der Waals surface area contributed by atoms with Crippen LogP contribution < -0.4 is 5.32 Å². The summed E-state index contributed by atoms with van der Waals surface area (Å²) < 4.78 is 0. The molecule has 0 heterocycles. The molecule has 100 valence electrons. The molecule has 1 fully saturated rings. The Hall–Kier alpha value is -0.820. The van der Waals surface area contributed by atoms with E-state index in [0.717, 1.165) is 11.8 Å². The van der Waals surface area contributed by atoms with Gasteiger partial charge in [0.1, 0.15) is 0 Å². The predicted molar refractivity (Wildman–Crippen MR) is 78.7 cm³/mol. The summed E-state index contributed by atoms with van der Waals surface area (Å²) in [6.45, 7) is 9.24. The summed E-state index contributed by atoms with van der Waals surface area (Å²) in [6, 6.07) is 10.0. The molecule has 1 aliphatic carbocycles. The van der Waals surface area contributed by atoms with Crippen molar-refractivity contribution in [3.05, 3.63) is 35.4 Å². The van der Waals surface area contributed by atoms with Gasteiger partial charge in [-0.2, -0.15) is 0 Å². The topological polar surface area (TPSA) is 12.0 Å². The second-order valence-electron chi connectivity index (χ2n) is 6.30. The molecule has 18 heavy (non-hydrogen) atoms. The lowest BCUT2D eigenvalue weighted by atomic mass is 9.79. The Bertz CT molecular complexity index is 385. The third kappa shape index (κ3) is 3.35. The molecule has 1 nitrogen and oxygen atoms in total. The molecule has 1 aromatic rings. The summed E-state index contributed by atoms with van der Waals surface area (Å²) in [6.07, 6.45) is 4.11. The van der Waals surface area contributed by atoms with Crippen molar-refractivity contribution in [3.8, 4) is 0 Å². The van der Waals surface area contributed by atoms with Gasteiger partial charge in [-0.25, -0.2) is 0 Å². The van der Waals surface area contributed by atoms with Gasteiger partial charge in [-0.05, 0) is 44.1 Å². The zero-order valence-electron chi connectivity index (χ0n) is 12.2. The fourth-order valence-corrected chi connectivity index (χ4v) is 3.12. The fourth-order valence-electron chi connectivity index (χ4n) is 3.12. The Labute approximate surface area is 112 Å². The molecule has 0 aliphatic heterocycles. The van der Waals surface area contributed by atoms with Crippen LogP contribution in [0.5, 0.6) is 0 Å². The van der Waals surface area contributed by atoms with Crippen molar-refractivity contribution in [2.24, 2.45) is 11.8 Å². The second-order valence-corrected chi connectivity index (χ2v) is 6.30. The second kappa shape index (κ2) is 5.88. The molecular formula is C17H27N. The van der Waals surface area contributed by atoms with Gasteiger partial charge >= 0.3 is 0 Å². The highest BCUT2D eigenvalue weighted by Crippen LogP contribution is 2.30. The van der Waals surface area contributed by atoms with Crippen LogP contribution in [0.25, 0.3) is 0 Å². The van der Waals surface area contributed by atoms with Gasteiger partial charge in [-0.15, -0.1) is 0 Å². The summed E-state index contributed by atoms with van der Waals surface area (Å²) in [5, 5.41) is 3.84. The van der Waals surface area contributed by atoms with Crippen LogP contribution in [0, 0.1) is 18.8 Å². The number of hydrogen-bond donors (Lipinski definition) is 1. The maximum absolute atomic E-state index is 3.84. The first-order valence-electron chi connectivity index (χ1n) is 7.39. The van der Waals surface area contributed by atoms with Gasteiger partial charge in [0.25, 0.3) is 0 Å². The predicted octanol–water partition coefficient (Wildman–Crippen LogP) is 4.47. The minimum absolute atomic E-state index is 0.461. The van der Waals surface area contributed by atoms with Crippen molar-refractivity contribution in [1.82, 2.24) is 5.32 Å². The first kappa shape index (κ1) is 13.6. The molecule has 1 N–H and O–H groups in total. The summed E-state index contributed by atoms with van der Waals surface area (Å²) >= 11 is 0. The molecule has 0 bridgehead atoms. The third-order valence-electron chi connectivity index (χ3n) is 4.46. The van der Waals surface area contributed by atoms with E-state index in [9.17, 15) is 0 Å². The number of aryl methyl sites for hydroxylation is 1. The average molecular weight is 245 g/mol. The lowest BCUT2D eigenvalue weighted by Gasteiger charge is -2.35. The molecule has 3 unspecified atom stereocenters. The first-order valence-corrected chi connectivity index (χ1v) is 7.39. The molecule has 2 rings (SSSR count). The largest absolute Gasteiger partial charge is 0.307 e. The normalized spacial score (nSPS) is 30.1. The minimum atomic E-state index is 0.461. The van der Waals surface area contributed by atoms with Crippen LogP contribution in [0.15, 0.2) is 24.3 Å². The standard InChI is InChI=1S/C17H27N/c1-12-6-5-7-16(10-12)15(4)18-17-11-13(2)8-9-14(17)3/h5-7,10,13-15,17-18H,8-9,11H2,1-4H3/t13?,14?,15-,17?/m0/s1. The van der Waals surface area contributed by atoms with Gasteiger partial charge in [0.15, 0.2) is 0 Å². The SMILES string of the molecule is Cc1cccc([C@H](C)NC2CC(C)CCC2C)c1. The molecule has 0 amide bonds. The Morgan fingerprint density at radius 3 is 2.72 bits per heavy atom. The van der Waals surface area contributed by atoms with Crippen molar-refractivity contribution in [2.45, 2.75) is 59.0 Å². The average Bonchev–Trinajstić information content (AvgIpc) is 2.34. The van der Waals surface area contributed by atoms with E-state index >= 15 is 0 Å². The van der Waals surface area contributed by atoms with E-state index in [2.05, 4.69) is 57.3 Å². The van der Waals surface area contributed by atoms with E-state index < -0.39 is 0 Å². The van der Waals surface area contributed by atoms with Gasteiger partial charge in [-0.1, -0.05) is 50.1 Å². The van der Waals surface area contributed by atoms with Crippen LogP contribution in [0.3, 0.4) is 0 Å². The summed E-state index contributed by atoms with van der Waals surface area (Å²) in [7, 11) is 0. The molecule has 0 saturated heterocycles. The van der Waals surface area contributed by atoms with Gasteiger partial charge in [-0.3, -0.25) is 0 Å². The number of rotatable bonds is 3.